The van der Waals surface area contributed by atoms with Crippen LogP contribution >= 0.6 is 0 Å². The maximum atomic E-state index is 11.0. The molecule has 0 radical (unpaired) electrons. The van der Waals surface area contributed by atoms with Crippen molar-refractivity contribution < 1.29 is 19.4 Å². The molecule has 0 aliphatic carbocycles. The van der Waals surface area contributed by atoms with Gasteiger partial charge in [0.1, 0.15) is 11.5 Å². The second-order valence-corrected chi connectivity index (χ2v) is 4.89. The van der Waals surface area contributed by atoms with Crippen molar-refractivity contribution in [3.63, 3.8) is 0 Å². The van der Waals surface area contributed by atoms with Crippen LogP contribution in [-0.4, -0.2) is 30.3 Å². The molecule has 1 aromatic carbocycles. The summed E-state index contributed by atoms with van der Waals surface area (Å²) < 4.78 is 11.1. The number of ether oxygens (including phenoxy) is 2. The predicted octanol–water partition coefficient (Wildman–Crippen LogP) is 2.83. The van der Waals surface area contributed by atoms with Crippen LogP contribution in [0.25, 0.3) is 0 Å². The first-order valence-electron chi connectivity index (χ1n) is 7.44. The molecule has 118 valence electrons. The molecule has 0 saturated heterocycles. The fraction of sp³-hybridized carbons (Fsp3) is 0.562. The normalized spacial score (nSPS) is 12.0. The molecule has 0 aliphatic rings. The molecule has 1 unspecified atom stereocenters. The van der Waals surface area contributed by atoms with Crippen LogP contribution in [0.2, 0.25) is 0 Å². The molecule has 0 aromatic heterocycles. The van der Waals surface area contributed by atoms with Gasteiger partial charge in [-0.05, 0) is 32.4 Å². The predicted molar refractivity (Wildman–Crippen MR) is 82.0 cm³/mol. The average Bonchev–Trinajstić information content (AvgIpc) is 2.47. The van der Waals surface area contributed by atoms with Crippen molar-refractivity contribution >= 4 is 5.97 Å². The van der Waals surface area contributed by atoms with Crippen molar-refractivity contribution in [3.8, 4) is 11.5 Å². The highest BCUT2D eigenvalue weighted by molar-refractivity contribution is 5.72. The molecule has 5 heteroatoms. The van der Waals surface area contributed by atoms with Gasteiger partial charge in [0.05, 0.1) is 6.61 Å². The number of carbonyl (C=O) groups is 1. The van der Waals surface area contributed by atoms with Gasteiger partial charge in [0.15, 0.2) is 6.10 Å². The average molecular weight is 295 g/mol. The van der Waals surface area contributed by atoms with Gasteiger partial charge in [-0.1, -0.05) is 19.9 Å². The molecular weight excluding hydrogens is 270 g/mol. The first-order valence-corrected chi connectivity index (χ1v) is 7.44. The molecule has 0 saturated carbocycles. The first-order chi connectivity index (χ1) is 10.1. The summed E-state index contributed by atoms with van der Waals surface area (Å²) in [5.41, 5.74) is 0.931. The number of hydrogen-bond donors (Lipinski definition) is 2. The maximum Gasteiger partial charge on any atom is 0.344 e. The molecule has 1 rings (SSSR count). The number of hydrogen-bond acceptors (Lipinski definition) is 4. The van der Waals surface area contributed by atoms with Gasteiger partial charge in [-0.15, -0.1) is 0 Å². The molecule has 2 N–H and O–H groups in total. The van der Waals surface area contributed by atoms with Crippen molar-refractivity contribution in [2.24, 2.45) is 0 Å². The van der Waals surface area contributed by atoms with Gasteiger partial charge in [-0.25, -0.2) is 4.79 Å². The van der Waals surface area contributed by atoms with Crippen LogP contribution in [0, 0.1) is 0 Å². The molecule has 1 aromatic rings. The van der Waals surface area contributed by atoms with Crippen molar-refractivity contribution in [2.75, 3.05) is 13.2 Å². The van der Waals surface area contributed by atoms with Crippen molar-refractivity contribution in [2.45, 2.75) is 46.3 Å². The molecule has 0 amide bonds. The summed E-state index contributed by atoms with van der Waals surface area (Å²) >= 11 is 0. The highest BCUT2D eigenvalue weighted by atomic mass is 16.5. The minimum Gasteiger partial charge on any atom is -0.493 e. The summed E-state index contributed by atoms with van der Waals surface area (Å²) in [5.74, 6) is 0.271. The van der Waals surface area contributed by atoms with Gasteiger partial charge >= 0.3 is 5.97 Å². The molecule has 0 bridgehead atoms. The Morgan fingerprint density at radius 2 is 2.10 bits per heavy atom. The Kier molecular flexibility index (Phi) is 7.61. The van der Waals surface area contributed by atoms with E-state index in [0.29, 0.717) is 24.7 Å². The van der Waals surface area contributed by atoms with E-state index in [1.54, 1.807) is 6.07 Å². The van der Waals surface area contributed by atoms with Crippen LogP contribution in [-0.2, 0) is 11.3 Å². The monoisotopic (exact) mass is 295 g/mol. The Morgan fingerprint density at radius 1 is 1.33 bits per heavy atom. The standard InChI is InChI=1S/C16H25NO4/c1-4-8-17-11-13-6-7-14(20-9-5-2)10-15(13)21-12(3)16(18)19/h6-7,10,12,17H,4-5,8-9,11H2,1-3H3,(H,18,19). The Balaban J connectivity index is 2.86. The number of benzene rings is 1. The molecule has 0 heterocycles. The fourth-order valence-corrected chi connectivity index (χ4v) is 1.74. The molecule has 0 fully saturated rings. The Hall–Kier alpha value is -1.75. The van der Waals surface area contributed by atoms with Crippen molar-refractivity contribution in [3.05, 3.63) is 23.8 Å². The second kappa shape index (κ2) is 9.23. The zero-order valence-corrected chi connectivity index (χ0v) is 13.0. The number of aliphatic carboxylic acids is 1. The van der Waals surface area contributed by atoms with E-state index in [1.807, 2.05) is 19.1 Å². The van der Waals surface area contributed by atoms with E-state index in [4.69, 9.17) is 14.6 Å². The highest BCUT2D eigenvalue weighted by Crippen LogP contribution is 2.26. The Bertz CT molecular complexity index is 448. The summed E-state index contributed by atoms with van der Waals surface area (Å²) in [4.78, 5) is 11.0. The number of nitrogens with one attached hydrogen (secondary N) is 1. The molecular formula is C16H25NO4. The van der Waals surface area contributed by atoms with Crippen molar-refractivity contribution in [1.82, 2.24) is 5.32 Å². The van der Waals surface area contributed by atoms with Crippen LogP contribution in [0.15, 0.2) is 18.2 Å². The maximum absolute atomic E-state index is 11.0. The molecule has 1 atom stereocenters. The van der Waals surface area contributed by atoms with Gasteiger partial charge in [0.25, 0.3) is 0 Å². The minimum absolute atomic E-state index is 0.558. The van der Waals surface area contributed by atoms with Crippen LogP contribution < -0.4 is 14.8 Å². The fourth-order valence-electron chi connectivity index (χ4n) is 1.74. The van der Waals surface area contributed by atoms with Crippen LogP contribution in [0.3, 0.4) is 0 Å². The van der Waals surface area contributed by atoms with E-state index in [2.05, 4.69) is 12.2 Å². The lowest BCUT2D eigenvalue weighted by molar-refractivity contribution is -0.144. The van der Waals surface area contributed by atoms with E-state index in [9.17, 15) is 4.79 Å². The lowest BCUT2D eigenvalue weighted by atomic mass is 10.2. The smallest absolute Gasteiger partial charge is 0.344 e. The van der Waals surface area contributed by atoms with E-state index in [-0.39, 0.29) is 0 Å². The van der Waals surface area contributed by atoms with E-state index < -0.39 is 12.1 Å². The zero-order chi connectivity index (χ0) is 15.7. The summed E-state index contributed by atoms with van der Waals surface area (Å²) in [6.45, 7) is 7.82. The van der Waals surface area contributed by atoms with Gasteiger partial charge in [-0.3, -0.25) is 0 Å². The largest absolute Gasteiger partial charge is 0.493 e. The minimum atomic E-state index is -0.984. The Morgan fingerprint density at radius 3 is 2.71 bits per heavy atom. The third-order valence-electron chi connectivity index (χ3n) is 2.91. The topological polar surface area (TPSA) is 67.8 Å². The third-order valence-corrected chi connectivity index (χ3v) is 2.91. The Labute approximate surface area is 126 Å². The number of carboxylic acids is 1. The van der Waals surface area contributed by atoms with E-state index in [0.717, 1.165) is 24.9 Å². The highest BCUT2D eigenvalue weighted by Gasteiger charge is 2.15. The van der Waals surface area contributed by atoms with Gasteiger partial charge in [0.2, 0.25) is 0 Å². The number of carboxylic acid groups (broad SMARTS) is 1. The number of rotatable bonds is 10. The second-order valence-electron chi connectivity index (χ2n) is 4.89. The molecule has 21 heavy (non-hydrogen) atoms. The van der Waals surface area contributed by atoms with Crippen LogP contribution in [0.4, 0.5) is 0 Å². The lowest BCUT2D eigenvalue weighted by Crippen LogP contribution is -2.24. The molecule has 0 aliphatic heterocycles. The lowest BCUT2D eigenvalue weighted by Gasteiger charge is -2.16. The molecule has 0 spiro atoms. The van der Waals surface area contributed by atoms with Crippen molar-refractivity contribution in [1.29, 1.82) is 0 Å². The van der Waals surface area contributed by atoms with Crippen LogP contribution in [0.1, 0.15) is 39.2 Å². The van der Waals surface area contributed by atoms with Gasteiger partial charge in [0, 0.05) is 18.2 Å². The van der Waals surface area contributed by atoms with E-state index in [1.165, 1.54) is 6.92 Å². The summed E-state index contributed by atoms with van der Waals surface area (Å²) in [7, 11) is 0. The zero-order valence-electron chi connectivity index (χ0n) is 13.0. The quantitative estimate of drug-likeness (QED) is 0.650. The molecule has 5 nitrogen and oxygen atoms in total. The van der Waals surface area contributed by atoms with Gasteiger partial charge in [-0.2, -0.15) is 0 Å². The summed E-state index contributed by atoms with van der Waals surface area (Å²) in [6, 6.07) is 5.56. The summed E-state index contributed by atoms with van der Waals surface area (Å²) in [5, 5.41) is 12.3. The third kappa shape index (κ3) is 6.04. The van der Waals surface area contributed by atoms with Crippen LogP contribution in [0.5, 0.6) is 11.5 Å². The SMILES string of the molecule is CCCNCc1ccc(OCCC)cc1OC(C)C(=O)O. The first kappa shape index (κ1) is 17.3. The van der Waals surface area contributed by atoms with Gasteiger partial charge < -0.3 is 19.9 Å². The summed E-state index contributed by atoms with van der Waals surface area (Å²) in [6.07, 6.45) is 1.07. The van der Waals surface area contributed by atoms with E-state index >= 15 is 0 Å².